The van der Waals surface area contributed by atoms with Gasteiger partial charge in [-0.2, -0.15) is 0 Å². The van der Waals surface area contributed by atoms with E-state index >= 15 is 0 Å². The Hall–Kier alpha value is -2.29. The summed E-state index contributed by atoms with van der Waals surface area (Å²) in [5, 5.41) is 7.61. The number of primary sulfonamides is 1. The molecule has 1 heterocycles. The van der Waals surface area contributed by atoms with Gasteiger partial charge in [-0.15, -0.1) is 0 Å². The zero-order chi connectivity index (χ0) is 18.0. The fraction of sp³-hybridized carbons (Fsp3) is 0.235. The Labute approximate surface area is 144 Å². The minimum Gasteiger partial charge on any atom is -0.371 e. The van der Waals surface area contributed by atoms with Crippen LogP contribution in [0.2, 0.25) is 0 Å². The molecule has 132 valence electrons. The first-order valence-corrected chi connectivity index (χ1v) is 9.21. The Morgan fingerprint density at radius 1 is 1.28 bits per heavy atom. The summed E-state index contributed by atoms with van der Waals surface area (Å²) in [4.78, 5) is 11.9. The second-order valence-electron chi connectivity index (χ2n) is 5.70. The third kappa shape index (κ3) is 3.87. The van der Waals surface area contributed by atoms with Gasteiger partial charge in [0.15, 0.2) is 0 Å². The largest absolute Gasteiger partial charge is 0.371 e. The lowest BCUT2D eigenvalue weighted by Gasteiger charge is -2.26. The lowest BCUT2D eigenvalue weighted by molar-refractivity contribution is 0.0411. The Bertz CT molecular complexity index is 915. The van der Waals surface area contributed by atoms with E-state index in [0.29, 0.717) is 6.61 Å². The molecule has 1 aliphatic rings. The molecule has 0 radical (unpaired) electrons. The van der Waals surface area contributed by atoms with Crippen molar-refractivity contribution in [3.63, 3.8) is 0 Å². The summed E-state index contributed by atoms with van der Waals surface area (Å²) in [6.45, 7) is 0.682. The number of sulfonamides is 1. The normalized spacial score (nSPS) is 17.0. The molecule has 3 rings (SSSR count). The van der Waals surface area contributed by atoms with Crippen molar-refractivity contribution in [2.24, 2.45) is 5.14 Å². The fourth-order valence-electron chi connectivity index (χ4n) is 2.78. The Balaban J connectivity index is 1.76. The van der Waals surface area contributed by atoms with Crippen LogP contribution in [-0.2, 0) is 21.2 Å². The first-order valence-electron chi connectivity index (χ1n) is 7.66. The summed E-state index contributed by atoms with van der Waals surface area (Å²) in [5.41, 5.74) is 1.75. The molecule has 0 bridgehead atoms. The van der Waals surface area contributed by atoms with Crippen molar-refractivity contribution >= 4 is 15.9 Å². The van der Waals surface area contributed by atoms with Crippen LogP contribution < -0.4 is 10.5 Å². The van der Waals surface area contributed by atoms with Crippen molar-refractivity contribution in [2.75, 3.05) is 13.2 Å². The number of nitrogens with one attached hydrogen (secondary N) is 1. The minimum atomic E-state index is -4.02. The maximum Gasteiger partial charge on any atom is 0.254 e. The van der Waals surface area contributed by atoms with E-state index in [2.05, 4.69) is 5.32 Å². The van der Waals surface area contributed by atoms with Crippen LogP contribution >= 0.6 is 0 Å². The third-order valence-electron chi connectivity index (χ3n) is 4.05. The summed E-state index contributed by atoms with van der Waals surface area (Å²) in [6, 6.07) is 10.6. The van der Waals surface area contributed by atoms with Gasteiger partial charge in [0.2, 0.25) is 10.0 Å². The number of nitrogens with two attached hydrogens (primary N) is 1. The average Bonchev–Trinajstić information content (AvgIpc) is 2.59. The molecule has 2 aromatic rings. The summed E-state index contributed by atoms with van der Waals surface area (Å²) in [5.74, 6) is -1.55. The van der Waals surface area contributed by atoms with Gasteiger partial charge in [-0.25, -0.2) is 17.9 Å². The van der Waals surface area contributed by atoms with Crippen molar-refractivity contribution in [1.29, 1.82) is 0 Å². The first kappa shape index (κ1) is 17.5. The van der Waals surface area contributed by atoms with E-state index in [1.54, 1.807) is 0 Å². The van der Waals surface area contributed by atoms with Crippen molar-refractivity contribution in [3.05, 3.63) is 65.0 Å². The van der Waals surface area contributed by atoms with Crippen LogP contribution in [0.4, 0.5) is 4.39 Å². The summed E-state index contributed by atoms with van der Waals surface area (Å²) in [6.07, 6.45) is 0.462. The van der Waals surface area contributed by atoms with E-state index in [9.17, 15) is 17.6 Å². The van der Waals surface area contributed by atoms with E-state index in [0.717, 1.165) is 35.7 Å². The van der Waals surface area contributed by atoms with E-state index in [-0.39, 0.29) is 23.1 Å². The van der Waals surface area contributed by atoms with Gasteiger partial charge in [0, 0.05) is 6.54 Å². The monoisotopic (exact) mass is 364 g/mol. The highest BCUT2D eigenvalue weighted by Crippen LogP contribution is 2.26. The van der Waals surface area contributed by atoms with Crippen LogP contribution in [0, 0.1) is 5.82 Å². The fourth-order valence-corrected chi connectivity index (χ4v) is 3.32. The quantitative estimate of drug-likeness (QED) is 0.859. The summed E-state index contributed by atoms with van der Waals surface area (Å²) < 4.78 is 42.3. The van der Waals surface area contributed by atoms with E-state index in [4.69, 9.17) is 9.88 Å². The molecular weight excluding hydrogens is 347 g/mol. The van der Waals surface area contributed by atoms with Crippen molar-refractivity contribution in [1.82, 2.24) is 5.32 Å². The molecule has 0 saturated carbocycles. The van der Waals surface area contributed by atoms with E-state index in [1.165, 1.54) is 0 Å². The second kappa shape index (κ2) is 6.91. The molecule has 1 amide bonds. The van der Waals surface area contributed by atoms with Crippen molar-refractivity contribution in [3.8, 4) is 0 Å². The van der Waals surface area contributed by atoms with Gasteiger partial charge < -0.3 is 10.1 Å². The maximum atomic E-state index is 13.9. The number of benzene rings is 2. The molecule has 8 heteroatoms. The third-order valence-corrected chi connectivity index (χ3v) is 4.96. The number of halogens is 1. The molecule has 3 N–H and O–H groups in total. The predicted molar refractivity (Wildman–Crippen MR) is 88.9 cm³/mol. The van der Waals surface area contributed by atoms with Gasteiger partial charge in [-0.3, -0.25) is 4.79 Å². The van der Waals surface area contributed by atoms with Crippen LogP contribution in [0.25, 0.3) is 0 Å². The molecule has 0 unspecified atom stereocenters. The highest BCUT2D eigenvalue weighted by Gasteiger charge is 2.22. The summed E-state index contributed by atoms with van der Waals surface area (Å²) >= 11 is 0. The van der Waals surface area contributed by atoms with E-state index in [1.807, 2.05) is 24.3 Å². The molecule has 25 heavy (non-hydrogen) atoms. The maximum absolute atomic E-state index is 13.9. The molecule has 6 nitrogen and oxygen atoms in total. The molecule has 1 aliphatic heterocycles. The molecule has 0 saturated heterocycles. The highest BCUT2D eigenvalue weighted by atomic mass is 32.2. The summed E-state index contributed by atoms with van der Waals surface area (Å²) in [7, 11) is -4.02. The number of carbonyl (C=O) groups is 1. The van der Waals surface area contributed by atoms with Crippen molar-refractivity contribution < 1.29 is 22.3 Å². The predicted octanol–water partition coefficient (Wildman–Crippen LogP) is 1.52. The van der Waals surface area contributed by atoms with Crippen molar-refractivity contribution in [2.45, 2.75) is 17.4 Å². The van der Waals surface area contributed by atoms with Gasteiger partial charge in [0.1, 0.15) is 11.9 Å². The SMILES string of the molecule is NS(=O)(=O)c1ccc(F)c(C(=O)NC[C@@H]2OCCc3ccccc32)c1. The average molecular weight is 364 g/mol. The number of rotatable bonds is 4. The molecule has 0 aromatic heterocycles. The molecule has 0 spiro atoms. The van der Waals surface area contributed by atoms with Gasteiger partial charge in [-0.1, -0.05) is 24.3 Å². The second-order valence-corrected chi connectivity index (χ2v) is 7.27. The number of ether oxygens (including phenoxy) is 1. The smallest absolute Gasteiger partial charge is 0.254 e. The van der Waals surface area contributed by atoms with Crippen LogP contribution in [-0.4, -0.2) is 27.5 Å². The molecule has 0 aliphatic carbocycles. The number of amides is 1. The molecule has 1 atom stereocenters. The number of fused-ring (bicyclic) bond motifs is 1. The zero-order valence-corrected chi connectivity index (χ0v) is 14.1. The molecule has 0 fully saturated rings. The van der Waals surface area contributed by atoms with Crippen LogP contribution in [0.3, 0.4) is 0 Å². The number of hydrogen-bond donors (Lipinski definition) is 2. The van der Waals surface area contributed by atoms with E-state index < -0.39 is 21.7 Å². The van der Waals surface area contributed by atoms with Crippen LogP contribution in [0.15, 0.2) is 47.4 Å². The minimum absolute atomic E-state index is 0.148. The Morgan fingerprint density at radius 3 is 2.80 bits per heavy atom. The molecular formula is C17H17FN2O4S. The zero-order valence-electron chi connectivity index (χ0n) is 13.2. The number of carbonyl (C=O) groups excluding carboxylic acids is 1. The first-order chi connectivity index (χ1) is 11.9. The molecule has 2 aromatic carbocycles. The van der Waals surface area contributed by atoms with Crippen LogP contribution in [0.5, 0.6) is 0 Å². The Kier molecular flexibility index (Phi) is 4.85. The standard InChI is InChI=1S/C17H17FN2O4S/c18-15-6-5-12(25(19,22)23)9-14(15)17(21)20-10-16-13-4-2-1-3-11(13)7-8-24-16/h1-6,9,16H,7-8,10H2,(H,20,21)(H2,19,22,23)/t16-/m0/s1. The lowest BCUT2D eigenvalue weighted by atomic mass is 9.97. The highest BCUT2D eigenvalue weighted by molar-refractivity contribution is 7.89. The van der Waals surface area contributed by atoms with Gasteiger partial charge >= 0.3 is 0 Å². The van der Waals surface area contributed by atoms with Gasteiger partial charge in [0.05, 0.1) is 17.1 Å². The topological polar surface area (TPSA) is 98.5 Å². The number of hydrogen-bond acceptors (Lipinski definition) is 4. The van der Waals surface area contributed by atoms with Gasteiger partial charge in [-0.05, 0) is 35.7 Å². The lowest BCUT2D eigenvalue weighted by Crippen LogP contribution is -2.32. The Morgan fingerprint density at radius 2 is 2.04 bits per heavy atom. The van der Waals surface area contributed by atoms with Gasteiger partial charge in [0.25, 0.3) is 5.91 Å². The van der Waals surface area contributed by atoms with Crippen LogP contribution in [0.1, 0.15) is 27.6 Å².